The van der Waals surface area contributed by atoms with Crippen LogP contribution in [0.4, 0.5) is 5.82 Å². The van der Waals surface area contributed by atoms with Crippen LogP contribution in [0.2, 0.25) is 0 Å². The molecule has 0 aliphatic heterocycles. The van der Waals surface area contributed by atoms with Gasteiger partial charge in [-0.2, -0.15) is 0 Å². The molecule has 0 bridgehead atoms. The molecule has 0 radical (unpaired) electrons. The van der Waals surface area contributed by atoms with Crippen molar-refractivity contribution >= 4 is 15.8 Å². The molecular formula is C19H18N2O2S. The third-order valence-electron chi connectivity index (χ3n) is 3.60. The van der Waals surface area contributed by atoms with Gasteiger partial charge in [-0.1, -0.05) is 66.7 Å². The first-order chi connectivity index (χ1) is 11.6. The molecule has 0 unspecified atom stereocenters. The molecule has 3 aromatic rings. The fraction of sp³-hybridized carbons (Fsp3) is 0.105. The van der Waals surface area contributed by atoms with Gasteiger partial charge in [0.15, 0.2) is 0 Å². The van der Waals surface area contributed by atoms with Crippen LogP contribution in [0, 0.1) is 0 Å². The molecule has 0 amide bonds. The molecule has 0 aliphatic carbocycles. The zero-order valence-corrected chi connectivity index (χ0v) is 13.9. The van der Waals surface area contributed by atoms with Gasteiger partial charge in [0.2, 0.25) is 10.0 Å². The quantitative estimate of drug-likeness (QED) is 0.690. The highest BCUT2D eigenvalue weighted by atomic mass is 32.2. The van der Waals surface area contributed by atoms with Crippen molar-refractivity contribution in [1.29, 1.82) is 0 Å². The number of aromatic nitrogens is 1. The maximum absolute atomic E-state index is 13.0. The number of hydrogen-bond donors (Lipinski definition) is 0. The largest absolute Gasteiger partial charge is 0.249 e. The molecular weight excluding hydrogens is 320 g/mol. The van der Waals surface area contributed by atoms with Gasteiger partial charge in [-0.05, 0) is 23.3 Å². The lowest BCUT2D eigenvalue weighted by atomic mass is 10.2. The van der Waals surface area contributed by atoms with Gasteiger partial charge in [0, 0.05) is 6.20 Å². The van der Waals surface area contributed by atoms with Gasteiger partial charge in [-0.3, -0.25) is 0 Å². The molecule has 24 heavy (non-hydrogen) atoms. The molecule has 4 nitrogen and oxygen atoms in total. The lowest BCUT2D eigenvalue weighted by Gasteiger charge is -2.23. The summed E-state index contributed by atoms with van der Waals surface area (Å²) < 4.78 is 27.4. The number of benzene rings is 2. The first kappa shape index (κ1) is 16.2. The van der Waals surface area contributed by atoms with Crippen molar-refractivity contribution in [2.75, 3.05) is 4.31 Å². The molecule has 2 aromatic carbocycles. The van der Waals surface area contributed by atoms with Gasteiger partial charge in [0.1, 0.15) is 5.82 Å². The van der Waals surface area contributed by atoms with Crippen LogP contribution in [0.3, 0.4) is 0 Å². The summed E-state index contributed by atoms with van der Waals surface area (Å²) in [4.78, 5) is 4.23. The Kier molecular flexibility index (Phi) is 4.91. The maximum Gasteiger partial charge on any atom is 0.240 e. The Morgan fingerprint density at radius 1 is 0.750 bits per heavy atom. The molecule has 0 spiro atoms. The zero-order chi connectivity index (χ0) is 16.8. The average molecular weight is 338 g/mol. The Morgan fingerprint density at radius 2 is 1.33 bits per heavy atom. The van der Waals surface area contributed by atoms with Crippen LogP contribution in [0.15, 0.2) is 85.1 Å². The van der Waals surface area contributed by atoms with Crippen molar-refractivity contribution in [3.05, 3.63) is 96.2 Å². The van der Waals surface area contributed by atoms with Gasteiger partial charge in [-0.25, -0.2) is 17.7 Å². The van der Waals surface area contributed by atoms with E-state index in [1.54, 1.807) is 24.4 Å². The number of anilines is 1. The standard InChI is InChI=1S/C19H18N2O2S/c22-24(23,16-18-11-5-2-6-12-18)21(19-13-7-8-14-20-19)15-17-9-3-1-4-10-17/h1-14H,15-16H2. The van der Waals surface area contributed by atoms with Gasteiger partial charge in [0.05, 0.1) is 12.3 Å². The Balaban J connectivity index is 1.94. The number of sulfonamides is 1. The van der Waals surface area contributed by atoms with Crippen molar-refractivity contribution < 1.29 is 8.42 Å². The Labute approximate surface area is 142 Å². The molecule has 0 N–H and O–H groups in total. The van der Waals surface area contributed by atoms with Gasteiger partial charge in [0.25, 0.3) is 0 Å². The molecule has 0 atom stereocenters. The predicted octanol–water partition coefficient (Wildman–Crippen LogP) is 3.62. The lowest BCUT2D eigenvalue weighted by Crippen LogP contribution is -2.32. The van der Waals surface area contributed by atoms with Gasteiger partial charge < -0.3 is 0 Å². The van der Waals surface area contributed by atoms with E-state index in [1.165, 1.54) is 4.31 Å². The molecule has 1 heterocycles. The summed E-state index contributed by atoms with van der Waals surface area (Å²) in [5.41, 5.74) is 1.67. The van der Waals surface area contributed by atoms with E-state index in [0.29, 0.717) is 5.82 Å². The summed E-state index contributed by atoms with van der Waals surface area (Å²) in [5, 5.41) is 0. The SMILES string of the molecule is O=S(=O)(Cc1ccccc1)N(Cc1ccccc1)c1ccccn1. The molecule has 5 heteroatoms. The minimum absolute atomic E-state index is 0.0583. The Morgan fingerprint density at radius 3 is 1.92 bits per heavy atom. The van der Waals surface area contributed by atoms with Crippen LogP contribution in [0.25, 0.3) is 0 Å². The van der Waals surface area contributed by atoms with Crippen molar-refractivity contribution in [2.45, 2.75) is 12.3 Å². The molecule has 122 valence electrons. The number of nitrogens with zero attached hydrogens (tertiary/aromatic N) is 2. The number of rotatable bonds is 6. The van der Waals surface area contributed by atoms with Crippen molar-refractivity contribution in [3.8, 4) is 0 Å². The Bertz CT molecular complexity index is 867. The summed E-state index contributed by atoms with van der Waals surface area (Å²) in [6.07, 6.45) is 1.60. The summed E-state index contributed by atoms with van der Waals surface area (Å²) in [7, 11) is -3.56. The van der Waals surface area contributed by atoms with E-state index < -0.39 is 10.0 Å². The molecule has 0 aliphatic rings. The summed E-state index contributed by atoms with van der Waals surface area (Å²) in [6, 6.07) is 24.0. The zero-order valence-electron chi connectivity index (χ0n) is 13.1. The third-order valence-corrected chi connectivity index (χ3v) is 5.29. The summed E-state index contributed by atoms with van der Waals surface area (Å²) in [5.74, 6) is 0.370. The van der Waals surface area contributed by atoms with Crippen LogP contribution in [0.1, 0.15) is 11.1 Å². The first-order valence-corrected chi connectivity index (χ1v) is 9.25. The lowest BCUT2D eigenvalue weighted by molar-refractivity contribution is 0.589. The predicted molar refractivity (Wildman–Crippen MR) is 95.9 cm³/mol. The van der Waals surface area contributed by atoms with Crippen molar-refractivity contribution in [3.63, 3.8) is 0 Å². The second-order valence-corrected chi connectivity index (χ2v) is 7.32. The second-order valence-electron chi connectivity index (χ2n) is 5.42. The van der Waals surface area contributed by atoms with E-state index in [-0.39, 0.29) is 12.3 Å². The van der Waals surface area contributed by atoms with E-state index in [1.807, 2.05) is 60.7 Å². The van der Waals surface area contributed by atoms with Crippen LogP contribution in [-0.4, -0.2) is 13.4 Å². The fourth-order valence-electron chi connectivity index (χ4n) is 2.44. The van der Waals surface area contributed by atoms with Crippen LogP contribution in [0.5, 0.6) is 0 Å². The third kappa shape index (κ3) is 4.00. The fourth-order valence-corrected chi connectivity index (χ4v) is 3.94. The van der Waals surface area contributed by atoms with E-state index in [0.717, 1.165) is 11.1 Å². The van der Waals surface area contributed by atoms with Gasteiger partial charge in [-0.15, -0.1) is 0 Å². The maximum atomic E-state index is 13.0. The number of hydrogen-bond acceptors (Lipinski definition) is 3. The minimum atomic E-state index is -3.56. The van der Waals surface area contributed by atoms with Crippen LogP contribution < -0.4 is 4.31 Å². The number of pyridine rings is 1. The van der Waals surface area contributed by atoms with E-state index in [9.17, 15) is 8.42 Å². The average Bonchev–Trinajstić information content (AvgIpc) is 2.62. The first-order valence-electron chi connectivity index (χ1n) is 7.64. The molecule has 3 rings (SSSR count). The van der Waals surface area contributed by atoms with E-state index >= 15 is 0 Å². The molecule has 0 saturated carbocycles. The van der Waals surface area contributed by atoms with E-state index in [2.05, 4.69) is 4.98 Å². The molecule has 1 aromatic heterocycles. The summed E-state index contributed by atoms with van der Waals surface area (Å²) >= 11 is 0. The molecule has 0 fully saturated rings. The highest BCUT2D eigenvalue weighted by molar-refractivity contribution is 7.92. The summed E-state index contributed by atoms with van der Waals surface area (Å²) in [6.45, 7) is 0.257. The smallest absolute Gasteiger partial charge is 0.240 e. The van der Waals surface area contributed by atoms with Crippen LogP contribution >= 0.6 is 0 Å². The normalized spacial score (nSPS) is 11.2. The van der Waals surface area contributed by atoms with E-state index in [4.69, 9.17) is 0 Å². The van der Waals surface area contributed by atoms with Crippen LogP contribution in [-0.2, 0) is 22.3 Å². The Hall–Kier alpha value is -2.66. The second kappa shape index (κ2) is 7.27. The monoisotopic (exact) mass is 338 g/mol. The minimum Gasteiger partial charge on any atom is -0.249 e. The van der Waals surface area contributed by atoms with Crippen molar-refractivity contribution in [1.82, 2.24) is 4.98 Å². The van der Waals surface area contributed by atoms with Crippen molar-refractivity contribution in [2.24, 2.45) is 0 Å². The molecule has 0 saturated heterocycles. The highest BCUT2D eigenvalue weighted by Crippen LogP contribution is 2.21. The highest BCUT2D eigenvalue weighted by Gasteiger charge is 2.24. The van der Waals surface area contributed by atoms with Gasteiger partial charge >= 0.3 is 0 Å². The topological polar surface area (TPSA) is 50.3 Å².